The van der Waals surface area contributed by atoms with E-state index in [1.165, 1.54) is 11.3 Å². The number of rotatable bonds is 5. The molecule has 1 N–H and O–H groups in total. The Kier molecular flexibility index (Phi) is 4.54. The van der Waals surface area contributed by atoms with Gasteiger partial charge in [-0.05, 0) is 30.2 Å². The van der Waals surface area contributed by atoms with Crippen molar-refractivity contribution in [3.05, 3.63) is 71.0 Å². The Hall–Kier alpha value is -2.92. The average molecular weight is 362 g/mol. The van der Waals surface area contributed by atoms with E-state index in [4.69, 9.17) is 9.72 Å². The number of hydrogen-bond acceptors (Lipinski definition) is 4. The minimum absolute atomic E-state index is 0.131. The highest BCUT2D eigenvalue weighted by atomic mass is 32.1. The molecule has 0 bridgehead atoms. The Morgan fingerprint density at radius 2 is 1.85 bits per heavy atom. The Morgan fingerprint density at radius 1 is 1.08 bits per heavy atom. The molecule has 0 saturated heterocycles. The molecule has 0 spiro atoms. The lowest BCUT2D eigenvalue weighted by Gasteiger charge is -2.09. The Bertz CT molecular complexity index is 1100. The molecular weight excluding hydrogens is 344 g/mol. The molecule has 5 heteroatoms. The largest absolute Gasteiger partial charge is 0.493 e. The Morgan fingerprint density at radius 3 is 2.65 bits per heavy atom. The quantitative estimate of drug-likeness (QED) is 0.537. The van der Waals surface area contributed by atoms with Gasteiger partial charge in [-0.15, -0.1) is 11.3 Å². The van der Waals surface area contributed by atoms with E-state index in [1.54, 1.807) is 0 Å². The van der Waals surface area contributed by atoms with Crippen LogP contribution in [-0.2, 0) is 0 Å². The van der Waals surface area contributed by atoms with Crippen molar-refractivity contribution < 1.29 is 4.74 Å². The predicted octanol–water partition coefficient (Wildman–Crippen LogP) is 5.11. The zero-order chi connectivity index (χ0) is 17.9. The number of para-hydroxylation sites is 1. The van der Waals surface area contributed by atoms with Crippen molar-refractivity contribution in [2.24, 2.45) is 0 Å². The summed E-state index contributed by atoms with van der Waals surface area (Å²) in [5.41, 5.74) is 1.76. The van der Waals surface area contributed by atoms with Crippen LogP contribution in [-0.4, -0.2) is 16.6 Å². The average Bonchev–Trinajstić information content (AvgIpc) is 3.12. The van der Waals surface area contributed by atoms with E-state index in [9.17, 15) is 4.79 Å². The third-order valence-electron chi connectivity index (χ3n) is 4.06. The zero-order valence-corrected chi connectivity index (χ0v) is 15.2. The zero-order valence-electron chi connectivity index (χ0n) is 14.4. The van der Waals surface area contributed by atoms with Gasteiger partial charge < -0.3 is 9.72 Å². The summed E-state index contributed by atoms with van der Waals surface area (Å²) in [5, 5.41) is 0.615. The first-order valence-electron chi connectivity index (χ1n) is 8.57. The minimum Gasteiger partial charge on any atom is -0.493 e. The van der Waals surface area contributed by atoms with Crippen molar-refractivity contribution in [1.29, 1.82) is 0 Å². The van der Waals surface area contributed by atoms with Gasteiger partial charge in [-0.25, -0.2) is 4.98 Å². The van der Waals surface area contributed by atoms with Crippen LogP contribution in [0.15, 0.2) is 65.5 Å². The number of H-pyrrole nitrogens is 1. The highest BCUT2D eigenvalue weighted by Gasteiger charge is 2.13. The third kappa shape index (κ3) is 3.13. The normalized spacial score (nSPS) is 11.0. The number of ether oxygens (including phenoxy) is 1. The first-order valence-corrected chi connectivity index (χ1v) is 9.39. The van der Waals surface area contributed by atoms with Gasteiger partial charge in [0, 0.05) is 4.88 Å². The highest BCUT2D eigenvalue weighted by molar-refractivity contribution is 7.21. The van der Waals surface area contributed by atoms with Gasteiger partial charge in [-0.2, -0.15) is 0 Å². The van der Waals surface area contributed by atoms with Crippen molar-refractivity contribution in [2.45, 2.75) is 13.3 Å². The predicted molar refractivity (Wildman–Crippen MR) is 107 cm³/mol. The van der Waals surface area contributed by atoms with E-state index in [0.29, 0.717) is 17.8 Å². The van der Waals surface area contributed by atoms with Gasteiger partial charge in [-0.3, -0.25) is 4.79 Å². The topological polar surface area (TPSA) is 55.0 Å². The summed E-state index contributed by atoms with van der Waals surface area (Å²) >= 11 is 1.53. The molecular formula is C21H18N2O2S. The van der Waals surface area contributed by atoms with Gasteiger partial charge >= 0.3 is 0 Å². The first kappa shape index (κ1) is 16.5. The summed E-state index contributed by atoms with van der Waals surface area (Å²) in [7, 11) is 0. The molecule has 0 atom stereocenters. The van der Waals surface area contributed by atoms with Crippen LogP contribution in [0.25, 0.3) is 32.0 Å². The number of nitrogens with one attached hydrogen (secondary N) is 1. The molecule has 4 nitrogen and oxygen atoms in total. The molecule has 26 heavy (non-hydrogen) atoms. The number of fused-ring (bicyclic) bond motifs is 1. The van der Waals surface area contributed by atoms with Crippen LogP contribution in [0, 0.1) is 0 Å². The van der Waals surface area contributed by atoms with Crippen LogP contribution in [0.3, 0.4) is 0 Å². The van der Waals surface area contributed by atoms with Crippen molar-refractivity contribution in [3.8, 4) is 27.6 Å². The minimum atomic E-state index is -0.131. The third-order valence-corrected chi connectivity index (χ3v) is 5.14. The van der Waals surface area contributed by atoms with Crippen LogP contribution in [0.1, 0.15) is 13.3 Å². The lowest BCUT2D eigenvalue weighted by Crippen LogP contribution is -2.08. The van der Waals surface area contributed by atoms with E-state index < -0.39 is 0 Å². The lowest BCUT2D eigenvalue weighted by molar-refractivity contribution is 0.318. The standard InChI is InChI=1S/C21H18N2O2S/c1-2-12-25-17-11-7-6-10-15(17)19-22-20(24)16-13-18(26-21(16)23-19)14-8-4-3-5-9-14/h3-11,13H,2,12H2,1H3,(H,22,23,24). The van der Waals surface area contributed by atoms with Crippen LogP contribution < -0.4 is 10.3 Å². The highest BCUT2D eigenvalue weighted by Crippen LogP contribution is 2.33. The molecule has 0 fully saturated rings. The molecule has 2 aromatic heterocycles. The molecule has 0 aliphatic rings. The van der Waals surface area contributed by atoms with Gasteiger partial charge in [0.1, 0.15) is 16.4 Å². The van der Waals surface area contributed by atoms with Crippen LogP contribution in [0.4, 0.5) is 0 Å². The monoisotopic (exact) mass is 362 g/mol. The maximum absolute atomic E-state index is 12.6. The van der Waals surface area contributed by atoms with Crippen LogP contribution in [0.5, 0.6) is 5.75 Å². The van der Waals surface area contributed by atoms with E-state index in [2.05, 4.69) is 11.9 Å². The Balaban J connectivity index is 1.82. The maximum Gasteiger partial charge on any atom is 0.259 e. The molecule has 0 amide bonds. The van der Waals surface area contributed by atoms with Gasteiger partial charge in [0.05, 0.1) is 17.6 Å². The smallest absolute Gasteiger partial charge is 0.259 e. The molecule has 4 aromatic rings. The summed E-state index contributed by atoms with van der Waals surface area (Å²) in [6.45, 7) is 2.69. The lowest BCUT2D eigenvalue weighted by atomic mass is 10.1. The molecule has 0 radical (unpaired) electrons. The summed E-state index contributed by atoms with van der Waals surface area (Å²) < 4.78 is 5.81. The van der Waals surface area contributed by atoms with Gasteiger partial charge in [0.25, 0.3) is 5.56 Å². The van der Waals surface area contributed by atoms with Gasteiger partial charge in [0.15, 0.2) is 0 Å². The maximum atomic E-state index is 12.6. The molecule has 130 valence electrons. The van der Waals surface area contributed by atoms with Crippen molar-refractivity contribution in [2.75, 3.05) is 6.61 Å². The fourth-order valence-electron chi connectivity index (χ4n) is 2.80. The van der Waals surface area contributed by atoms with Crippen molar-refractivity contribution >= 4 is 21.6 Å². The van der Waals surface area contributed by atoms with Gasteiger partial charge in [0.2, 0.25) is 0 Å². The first-order chi connectivity index (χ1) is 12.8. The molecule has 0 unspecified atom stereocenters. The summed E-state index contributed by atoms with van der Waals surface area (Å²) in [5.74, 6) is 1.27. The molecule has 2 aromatic carbocycles. The fourth-order valence-corrected chi connectivity index (χ4v) is 3.84. The summed E-state index contributed by atoms with van der Waals surface area (Å²) in [6.07, 6.45) is 0.919. The summed E-state index contributed by atoms with van der Waals surface area (Å²) in [4.78, 5) is 22.0. The number of benzene rings is 2. The van der Waals surface area contributed by atoms with E-state index in [0.717, 1.165) is 33.0 Å². The molecule has 4 rings (SSSR count). The number of nitrogens with zero attached hydrogens (tertiary/aromatic N) is 1. The van der Waals surface area contributed by atoms with Gasteiger partial charge in [-0.1, -0.05) is 49.4 Å². The SMILES string of the molecule is CCCOc1ccccc1-c1nc2sc(-c3ccccc3)cc2c(=O)[nH]1. The number of hydrogen-bond donors (Lipinski definition) is 1. The van der Waals surface area contributed by atoms with E-state index in [-0.39, 0.29) is 5.56 Å². The number of aromatic nitrogens is 2. The second-order valence-corrected chi connectivity index (χ2v) is 6.99. The van der Waals surface area contributed by atoms with E-state index >= 15 is 0 Å². The van der Waals surface area contributed by atoms with Crippen molar-refractivity contribution in [3.63, 3.8) is 0 Å². The fraction of sp³-hybridized carbons (Fsp3) is 0.143. The van der Waals surface area contributed by atoms with Crippen LogP contribution >= 0.6 is 11.3 Å². The van der Waals surface area contributed by atoms with Crippen LogP contribution in [0.2, 0.25) is 0 Å². The van der Waals surface area contributed by atoms with Crippen molar-refractivity contribution in [1.82, 2.24) is 9.97 Å². The summed E-state index contributed by atoms with van der Waals surface area (Å²) in [6, 6.07) is 19.6. The van der Waals surface area contributed by atoms with E-state index in [1.807, 2.05) is 60.7 Å². The molecule has 2 heterocycles. The molecule has 0 aliphatic heterocycles. The molecule has 0 aliphatic carbocycles. The second-order valence-electron chi connectivity index (χ2n) is 5.95. The number of thiophene rings is 1. The molecule has 0 saturated carbocycles. The number of aromatic amines is 1. The Labute approximate surface area is 155 Å². The second kappa shape index (κ2) is 7.14.